The number of aromatic nitrogens is 2. The molecule has 0 aliphatic rings. The number of anilines is 1. The lowest BCUT2D eigenvalue weighted by Crippen LogP contribution is -2.25. The molecule has 0 bridgehead atoms. The average Bonchev–Trinajstić information content (AvgIpc) is 3.15. The van der Waals surface area contributed by atoms with Gasteiger partial charge >= 0.3 is 0 Å². The molecule has 0 aliphatic carbocycles. The van der Waals surface area contributed by atoms with Gasteiger partial charge in [-0.3, -0.25) is 19.0 Å². The summed E-state index contributed by atoms with van der Waals surface area (Å²) in [5.41, 5.74) is 6.70. The number of imidazole rings is 1. The zero-order chi connectivity index (χ0) is 21.1. The van der Waals surface area contributed by atoms with Gasteiger partial charge in [-0.25, -0.2) is 4.98 Å². The van der Waals surface area contributed by atoms with E-state index in [0.717, 1.165) is 4.47 Å². The van der Waals surface area contributed by atoms with Crippen LogP contribution in [0.3, 0.4) is 0 Å². The highest BCUT2D eigenvalue weighted by Crippen LogP contribution is 2.23. The Morgan fingerprint density at radius 2 is 1.79 bits per heavy atom. The van der Waals surface area contributed by atoms with E-state index >= 15 is 0 Å². The number of rotatable bonds is 5. The van der Waals surface area contributed by atoms with Crippen molar-refractivity contribution >= 4 is 50.9 Å². The number of hydrogen-bond acceptors (Lipinski definition) is 4. The molecule has 29 heavy (non-hydrogen) atoms. The summed E-state index contributed by atoms with van der Waals surface area (Å²) in [6.07, 6.45) is 1.33. The first kappa shape index (κ1) is 20.6. The van der Waals surface area contributed by atoms with Gasteiger partial charge in [0.25, 0.3) is 17.7 Å². The summed E-state index contributed by atoms with van der Waals surface area (Å²) in [4.78, 5) is 40.2. The van der Waals surface area contributed by atoms with Crippen molar-refractivity contribution in [2.75, 3.05) is 12.4 Å². The van der Waals surface area contributed by atoms with E-state index in [4.69, 9.17) is 17.3 Å². The lowest BCUT2D eigenvalue weighted by atomic mass is 10.2. The summed E-state index contributed by atoms with van der Waals surface area (Å²) in [6, 6.07) is 11.6. The number of hydrogen-bond donors (Lipinski definition) is 3. The van der Waals surface area contributed by atoms with Gasteiger partial charge in [0.1, 0.15) is 12.0 Å². The van der Waals surface area contributed by atoms with Crippen molar-refractivity contribution in [1.29, 1.82) is 0 Å². The van der Waals surface area contributed by atoms with Gasteiger partial charge in [0.2, 0.25) is 0 Å². The molecule has 0 spiro atoms. The molecule has 10 heteroatoms. The Bertz CT molecular complexity index is 1110. The van der Waals surface area contributed by atoms with E-state index in [9.17, 15) is 14.4 Å². The summed E-state index contributed by atoms with van der Waals surface area (Å²) < 4.78 is 2.14. The molecule has 3 amide bonds. The van der Waals surface area contributed by atoms with Crippen LogP contribution in [0, 0.1) is 0 Å². The fourth-order valence-corrected chi connectivity index (χ4v) is 3.20. The van der Waals surface area contributed by atoms with Crippen LogP contribution >= 0.6 is 27.5 Å². The summed E-state index contributed by atoms with van der Waals surface area (Å²) in [5.74, 6) is -1.68. The maximum absolute atomic E-state index is 12.5. The van der Waals surface area contributed by atoms with Gasteiger partial charge in [-0.15, -0.1) is 0 Å². The predicted octanol–water partition coefficient (Wildman–Crippen LogP) is 3.00. The number of benzene rings is 2. The highest BCUT2D eigenvalue weighted by Gasteiger charge is 2.22. The fraction of sp³-hybridized carbons (Fsp3) is 0.0526. The monoisotopic (exact) mass is 475 g/mol. The largest absolute Gasteiger partial charge is 0.364 e. The number of carbonyl (C=O) groups is 3. The van der Waals surface area contributed by atoms with E-state index in [1.54, 1.807) is 42.5 Å². The molecule has 148 valence electrons. The first-order valence-electron chi connectivity index (χ1n) is 8.28. The Morgan fingerprint density at radius 1 is 1.10 bits per heavy atom. The van der Waals surface area contributed by atoms with Crippen molar-refractivity contribution < 1.29 is 14.4 Å². The maximum atomic E-state index is 12.5. The smallest absolute Gasteiger partial charge is 0.272 e. The molecule has 2 aromatic carbocycles. The zero-order valence-corrected chi connectivity index (χ0v) is 17.4. The Labute approximate surface area is 179 Å². The van der Waals surface area contributed by atoms with Crippen LogP contribution in [0.15, 0.2) is 53.3 Å². The molecule has 1 heterocycles. The Balaban J connectivity index is 1.87. The minimum atomic E-state index is -0.789. The summed E-state index contributed by atoms with van der Waals surface area (Å²) >= 11 is 9.39. The van der Waals surface area contributed by atoms with Gasteiger partial charge in [0.05, 0.1) is 10.6 Å². The SMILES string of the molecule is CNC(=O)c1ncn(-c2ccc(NC(=O)c3cc(Br)ccc3Cl)cc2)c1C(N)=O. The molecule has 0 unspecified atom stereocenters. The number of nitrogens with two attached hydrogens (primary N) is 1. The van der Waals surface area contributed by atoms with Crippen LogP contribution in [0.1, 0.15) is 31.3 Å². The zero-order valence-electron chi connectivity index (χ0n) is 15.1. The lowest BCUT2D eigenvalue weighted by molar-refractivity contribution is 0.0937. The molecule has 0 saturated carbocycles. The molecule has 1 aromatic heterocycles. The number of carbonyl (C=O) groups excluding carboxylic acids is 3. The van der Waals surface area contributed by atoms with Crippen LogP contribution in [-0.4, -0.2) is 34.3 Å². The second kappa shape index (κ2) is 8.46. The normalized spacial score (nSPS) is 10.4. The second-order valence-electron chi connectivity index (χ2n) is 5.88. The first-order valence-corrected chi connectivity index (χ1v) is 9.45. The van der Waals surface area contributed by atoms with Crippen molar-refractivity contribution in [3.63, 3.8) is 0 Å². The third-order valence-corrected chi connectivity index (χ3v) is 4.84. The maximum Gasteiger partial charge on any atom is 0.272 e. The number of amides is 3. The van der Waals surface area contributed by atoms with Crippen LogP contribution in [0.5, 0.6) is 0 Å². The van der Waals surface area contributed by atoms with Gasteiger partial charge in [0.15, 0.2) is 5.69 Å². The molecule has 0 atom stereocenters. The highest BCUT2D eigenvalue weighted by atomic mass is 79.9. The number of nitrogens with zero attached hydrogens (tertiary/aromatic N) is 2. The van der Waals surface area contributed by atoms with Crippen molar-refractivity contribution in [1.82, 2.24) is 14.9 Å². The molecule has 3 rings (SSSR count). The van der Waals surface area contributed by atoms with Crippen molar-refractivity contribution in [2.24, 2.45) is 5.73 Å². The minimum Gasteiger partial charge on any atom is -0.364 e. The van der Waals surface area contributed by atoms with E-state index in [1.807, 2.05) is 0 Å². The van der Waals surface area contributed by atoms with Gasteiger partial charge in [-0.1, -0.05) is 27.5 Å². The number of primary amides is 1. The molecule has 8 nitrogen and oxygen atoms in total. The van der Waals surface area contributed by atoms with Crippen molar-refractivity contribution in [3.8, 4) is 5.69 Å². The molecule has 0 aliphatic heterocycles. The van der Waals surface area contributed by atoms with Crippen LogP contribution in [-0.2, 0) is 0 Å². The van der Waals surface area contributed by atoms with E-state index < -0.39 is 11.8 Å². The molecule has 0 radical (unpaired) electrons. The van der Waals surface area contributed by atoms with Crippen LogP contribution in [0.2, 0.25) is 5.02 Å². The first-order chi connectivity index (χ1) is 13.8. The molecule has 4 N–H and O–H groups in total. The molecular formula is C19H15BrClN5O3. The van der Waals surface area contributed by atoms with Gasteiger partial charge in [-0.05, 0) is 42.5 Å². The Hall–Kier alpha value is -3.17. The summed E-state index contributed by atoms with van der Waals surface area (Å²) in [6.45, 7) is 0. The third-order valence-electron chi connectivity index (χ3n) is 4.02. The van der Waals surface area contributed by atoms with Crippen LogP contribution in [0.25, 0.3) is 5.69 Å². The van der Waals surface area contributed by atoms with Crippen LogP contribution < -0.4 is 16.4 Å². The van der Waals surface area contributed by atoms with Gasteiger partial charge in [0, 0.05) is 22.9 Å². The van der Waals surface area contributed by atoms with E-state index in [-0.39, 0.29) is 17.3 Å². The molecule has 0 fully saturated rings. The second-order valence-corrected chi connectivity index (χ2v) is 7.20. The fourth-order valence-electron chi connectivity index (χ4n) is 2.64. The number of halogens is 2. The van der Waals surface area contributed by atoms with Gasteiger partial charge < -0.3 is 16.4 Å². The molecule has 3 aromatic rings. The summed E-state index contributed by atoms with van der Waals surface area (Å²) in [5, 5.41) is 5.49. The molecular weight excluding hydrogens is 462 g/mol. The van der Waals surface area contributed by atoms with E-state index in [0.29, 0.717) is 22.0 Å². The third kappa shape index (κ3) is 4.30. The van der Waals surface area contributed by atoms with E-state index in [2.05, 4.69) is 31.5 Å². The van der Waals surface area contributed by atoms with Crippen molar-refractivity contribution in [3.05, 3.63) is 75.2 Å². The molecule has 0 saturated heterocycles. The topological polar surface area (TPSA) is 119 Å². The lowest BCUT2D eigenvalue weighted by Gasteiger charge is -2.10. The summed E-state index contributed by atoms with van der Waals surface area (Å²) in [7, 11) is 1.43. The Morgan fingerprint density at radius 3 is 2.41 bits per heavy atom. The van der Waals surface area contributed by atoms with E-state index in [1.165, 1.54) is 17.9 Å². The average molecular weight is 477 g/mol. The highest BCUT2D eigenvalue weighted by molar-refractivity contribution is 9.10. The van der Waals surface area contributed by atoms with Gasteiger partial charge in [-0.2, -0.15) is 0 Å². The predicted molar refractivity (Wildman–Crippen MR) is 113 cm³/mol. The van der Waals surface area contributed by atoms with Crippen LogP contribution in [0.4, 0.5) is 5.69 Å². The Kier molecular flexibility index (Phi) is 6.00. The van der Waals surface area contributed by atoms with Crippen molar-refractivity contribution in [2.45, 2.75) is 0 Å². The minimum absolute atomic E-state index is 0.0398. The number of nitrogens with one attached hydrogen (secondary N) is 2. The standard InChI is InChI=1S/C19H15BrClN5O3/c1-23-19(29)15-16(17(22)27)26(9-24-15)12-5-3-11(4-6-12)25-18(28)13-8-10(20)2-7-14(13)21/h2-9H,1H3,(H2,22,27)(H,23,29)(H,25,28). The quantitative estimate of drug-likeness (QED) is 0.524.